The minimum Gasteiger partial charge on any atom is -0.497 e. The normalized spacial score (nSPS) is 10.9. The van der Waals surface area contributed by atoms with Gasteiger partial charge in [-0.25, -0.2) is 9.37 Å². The highest BCUT2D eigenvalue weighted by atomic mass is 32.2. The van der Waals surface area contributed by atoms with Gasteiger partial charge in [0, 0.05) is 17.0 Å². The van der Waals surface area contributed by atoms with Crippen molar-refractivity contribution in [2.24, 2.45) is 0 Å². The van der Waals surface area contributed by atoms with Gasteiger partial charge >= 0.3 is 0 Å². The fourth-order valence-electron chi connectivity index (χ4n) is 2.75. The Labute approximate surface area is 162 Å². The molecule has 2 heterocycles. The molecule has 138 valence electrons. The van der Waals surface area contributed by atoms with Crippen molar-refractivity contribution in [1.29, 1.82) is 5.26 Å². The molecule has 4 aromatic rings. The monoisotopic (exact) mass is 393 g/mol. The molecule has 0 saturated heterocycles. The van der Waals surface area contributed by atoms with Crippen molar-refractivity contribution in [2.75, 3.05) is 12.9 Å². The lowest BCUT2D eigenvalue weighted by atomic mass is 10.1. The number of nitrogens with zero attached hydrogens (tertiary/aromatic N) is 5. The fourth-order valence-corrected chi connectivity index (χ4v) is 3.36. The van der Waals surface area contributed by atoms with Crippen molar-refractivity contribution in [2.45, 2.75) is 5.16 Å². The highest BCUT2D eigenvalue weighted by Gasteiger charge is 2.15. The first-order chi connectivity index (χ1) is 13.6. The van der Waals surface area contributed by atoms with Gasteiger partial charge in [0.05, 0.1) is 24.4 Å². The molecule has 0 saturated carbocycles. The number of aromatic nitrogens is 4. The number of hydrogen-bond acceptors (Lipinski definition) is 7. The lowest BCUT2D eigenvalue weighted by Crippen LogP contribution is -2.17. The highest BCUT2D eigenvalue weighted by molar-refractivity contribution is 7.99. The predicted octanol–water partition coefficient (Wildman–Crippen LogP) is 3.07. The Morgan fingerprint density at radius 1 is 1.21 bits per heavy atom. The van der Waals surface area contributed by atoms with Gasteiger partial charge < -0.3 is 4.74 Å². The molecule has 0 aliphatic rings. The highest BCUT2D eigenvalue weighted by Crippen LogP contribution is 2.25. The van der Waals surface area contributed by atoms with Gasteiger partial charge in [-0.2, -0.15) is 19.9 Å². The van der Waals surface area contributed by atoms with E-state index in [1.165, 1.54) is 22.7 Å². The molecule has 0 N–H and O–H groups in total. The molecule has 4 rings (SSSR count). The van der Waals surface area contributed by atoms with E-state index in [9.17, 15) is 9.18 Å². The van der Waals surface area contributed by atoms with Crippen molar-refractivity contribution in [3.63, 3.8) is 0 Å². The summed E-state index contributed by atoms with van der Waals surface area (Å²) in [5.74, 6) is 0.317. The number of hydrogen-bond donors (Lipinski definition) is 0. The smallest absolute Gasteiger partial charge is 0.300 e. The van der Waals surface area contributed by atoms with Crippen LogP contribution in [0.4, 0.5) is 4.39 Å². The number of halogens is 1. The zero-order chi connectivity index (χ0) is 19.7. The molecule has 0 bridgehead atoms. The van der Waals surface area contributed by atoms with Gasteiger partial charge in [0.25, 0.3) is 5.56 Å². The maximum Gasteiger partial charge on any atom is 0.300 e. The van der Waals surface area contributed by atoms with Crippen LogP contribution >= 0.6 is 11.8 Å². The SMILES string of the molecule is COc1ccc(-c2nn3c(SCC#N)nc4cc(F)ccc4c3nc2=O)cc1. The average molecular weight is 393 g/mol. The molecule has 0 unspecified atom stereocenters. The van der Waals surface area contributed by atoms with E-state index in [4.69, 9.17) is 10.00 Å². The van der Waals surface area contributed by atoms with E-state index in [2.05, 4.69) is 15.1 Å². The largest absolute Gasteiger partial charge is 0.497 e. The molecule has 9 heteroatoms. The minimum atomic E-state index is -0.516. The van der Waals surface area contributed by atoms with Crippen LogP contribution in [0.2, 0.25) is 0 Å². The molecule has 0 amide bonds. The van der Waals surface area contributed by atoms with E-state index in [-0.39, 0.29) is 17.1 Å². The summed E-state index contributed by atoms with van der Waals surface area (Å²) < 4.78 is 20.2. The Morgan fingerprint density at radius 2 is 2.00 bits per heavy atom. The van der Waals surface area contributed by atoms with Crippen LogP contribution in [0.15, 0.2) is 52.4 Å². The van der Waals surface area contributed by atoms with Crippen molar-refractivity contribution in [1.82, 2.24) is 19.6 Å². The first kappa shape index (κ1) is 17.9. The van der Waals surface area contributed by atoms with Crippen molar-refractivity contribution in [3.05, 3.63) is 58.6 Å². The summed E-state index contributed by atoms with van der Waals surface area (Å²) in [5.41, 5.74) is 0.794. The second kappa shape index (κ2) is 7.25. The first-order valence-corrected chi connectivity index (χ1v) is 9.14. The number of methoxy groups -OCH3 is 1. The summed E-state index contributed by atoms with van der Waals surface area (Å²) in [6.07, 6.45) is 0. The van der Waals surface area contributed by atoms with Crippen LogP contribution in [-0.2, 0) is 0 Å². The lowest BCUT2D eigenvalue weighted by Gasteiger charge is -2.10. The maximum atomic E-state index is 13.6. The Balaban J connectivity index is 2.00. The van der Waals surface area contributed by atoms with Gasteiger partial charge in [0.2, 0.25) is 0 Å². The van der Waals surface area contributed by atoms with Crippen LogP contribution in [0.1, 0.15) is 0 Å². The number of ether oxygens (including phenoxy) is 1. The van der Waals surface area contributed by atoms with Gasteiger partial charge in [-0.3, -0.25) is 4.79 Å². The zero-order valence-corrected chi connectivity index (χ0v) is 15.4. The third kappa shape index (κ3) is 3.14. The third-order valence-electron chi connectivity index (χ3n) is 4.04. The Hall–Kier alpha value is -3.51. The molecule has 0 aliphatic carbocycles. The average Bonchev–Trinajstić information content (AvgIpc) is 2.71. The molecule has 0 aliphatic heterocycles. The van der Waals surface area contributed by atoms with Crippen molar-refractivity contribution >= 4 is 28.3 Å². The zero-order valence-electron chi connectivity index (χ0n) is 14.6. The molecular weight excluding hydrogens is 381 g/mol. The van der Waals surface area contributed by atoms with Gasteiger partial charge in [-0.1, -0.05) is 11.8 Å². The number of fused-ring (bicyclic) bond motifs is 3. The third-order valence-corrected chi connectivity index (χ3v) is 4.83. The summed E-state index contributed by atoms with van der Waals surface area (Å²) in [6.45, 7) is 0. The van der Waals surface area contributed by atoms with E-state index in [0.717, 1.165) is 11.8 Å². The van der Waals surface area contributed by atoms with E-state index in [0.29, 0.717) is 27.4 Å². The van der Waals surface area contributed by atoms with Gasteiger partial charge in [-0.05, 0) is 36.4 Å². The van der Waals surface area contributed by atoms with Gasteiger partial charge in [0.1, 0.15) is 11.6 Å². The van der Waals surface area contributed by atoms with Crippen LogP contribution in [0.5, 0.6) is 5.75 Å². The standard InChI is InChI=1S/C19H12FN5O2S/c1-27-13-5-2-11(3-6-13)16-18(26)23-17-14-7-4-12(20)10-15(14)22-19(25(17)24-16)28-9-8-21/h2-7,10H,9H2,1H3. The molecule has 2 aromatic carbocycles. The summed E-state index contributed by atoms with van der Waals surface area (Å²) in [4.78, 5) is 21.2. The number of benzene rings is 2. The molecule has 0 fully saturated rings. The minimum absolute atomic E-state index is 0.120. The molecule has 0 atom stereocenters. The second-order valence-corrected chi connectivity index (χ2v) is 6.67. The van der Waals surface area contributed by atoms with Crippen LogP contribution in [0, 0.1) is 17.1 Å². The molecule has 0 radical (unpaired) electrons. The van der Waals surface area contributed by atoms with Crippen LogP contribution in [0.3, 0.4) is 0 Å². The van der Waals surface area contributed by atoms with E-state index >= 15 is 0 Å². The number of rotatable bonds is 4. The Bertz CT molecular complexity index is 1300. The van der Waals surface area contributed by atoms with Gasteiger partial charge in [-0.15, -0.1) is 0 Å². The van der Waals surface area contributed by atoms with Crippen LogP contribution < -0.4 is 10.3 Å². The second-order valence-electron chi connectivity index (χ2n) is 5.73. The van der Waals surface area contributed by atoms with Crippen molar-refractivity contribution < 1.29 is 9.13 Å². The molecule has 28 heavy (non-hydrogen) atoms. The van der Waals surface area contributed by atoms with E-state index in [1.54, 1.807) is 31.4 Å². The summed E-state index contributed by atoms with van der Waals surface area (Å²) in [6, 6.07) is 12.9. The fraction of sp³-hybridized carbons (Fsp3) is 0.105. The number of thioether (sulfide) groups is 1. The topological polar surface area (TPSA) is 93.2 Å². The predicted molar refractivity (Wildman–Crippen MR) is 103 cm³/mol. The Kier molecular flexibility index (Phi) is 4.63. The summed E-state index contributed by atoms with van der Waals surface area (Å²) in [7, 11) is 1.55. The lowest BCUT2D eigenvalue weighted by molar-refractivity contribution is 0.415. The van der Waals surface area contributed by atoms with Crippen LogP contribution in [-0.4, -0.2) is 32.4 Å². The maximum absolute atomic E-state index is 13.6. The first-order valence-electron chi connectivity index (χ1n) is 8.15. The molecular formula is C19H12FN5O2S. The van der Waals surface area contributed by atoms with E-state index < -0.39 is 11.4 Å². The quantitative estimate of drug-likeness (QED) is 0.299. The van der Waals surface area contributed by atoms with Crippen LogP contribution in [0.25, 0.3) is 27.8 Å². The molecule has 2 aromatic heterocycles. The Morgan fingerprint density at radius 3 is 2.71 bits per heavy atom. The molecule has 7 nitrogen and oxygen atoms in total. The number of nitriles is 1. The van der Waals surface area contributed by atoms with E-state index in [1.807, 2.05) is 6.07 Å². The van der Waals surface area contributed by atoms with Gasteiger partial charge in [0.15, 0.2) is 16.5 Å². The summed E-state index contributed by atoms with van der Waals surface area (Å²) in [5, 5.41) is 14.2. The molecule has 0 spiro atoms. The van der Waals surface area contributed by atoms with Crippen molar-refractivity contribution in [3.8, 4) is 23.1 Å². The summed E-state index contributed by atoms with van der Waals surface area (Å²) >= 11 is 1.13.